The molecule has 1 aromatic heterocycles. The van der Waals surface area contributed by atoms with Crippen molar-refractivity contribution < 1.29 is 19.4 Å². The molecule has 1 fully saturated rings. The first kappa shape index (κ1) is 15.6. The van der Waals surface area contributed by atoms with Crippen molar-refractivity contribution in [1.82, 2.24) is 10.3 Å². The molecule has 1 amide bonds. The molecule has 3 N–H and O–H groups in total. The fourth-order valence-corrected chi connectivity index (χ4v) is 3.03. The molecule has 23 heavy (non-hydrogen) atoms. The van der Waals surface area contributed by atoms with Gasteiger partial charge in [0.05, 0.1) is 6.61 Å². The van der Waals surface area contributed by atoms with Gasteiger partial charge in [0.15, 0.2) is 5.54 Å². The highest BCUT2D eigenvalue weighted by Crippen LogP contribution is 2.23. The predicted octanol–water partition coefficient (Wildman–Crippen LogP) is 1.77. The fourth-order valence-electron chi connectivity index (χ4n) is 3.03. The zero-order valence-corrected chi connectivity index (χ0v) is 13.0. The molecule has 1 unspecified atom stereocenters. The number of carbonyl (C=O) groups is 2. The van der Waals surface area contributed by atoms with Gasteiger partial charge in [-0.15, -0.1) is 0 Å². The smallest absolute Gasteiger partial charge is 0.331 e. The maximum Gasteiger partial charge on any atom is 0.331 e. The number of carboxylic acid groups (broad SMARTS) is 1. The van der Waals surface area contributed by atoms with Crippen LogP contribution < -0.4 is 5.32 Å². The van der Waals surface area contributed by atoms with Gasteiger partial charge in [-0.2, -0.15) is 0 Å². The molecule has 0 aliphatic carbocycles. The predicted molar refractivity (Wildman–Crippen MR) is 85.3 cm³/mol. The summed E-state index contributed by atoms with van der Waals surface area (Å²) in [5.74, 6) is -1.30. The Morgan fingerprint density at radius 1 is 1.43 bits per heavy atom. The molecular formula is C17H20N2O4. The van der Waals surface area contributed by atoms with E-state index in [9.17, 15) is 14.7 Å². The summed E-state index contributed by atoms with van der Waals surface area (Å²) in [7, 11) is 0. The molecular weight excluding hydrogens is 296 g/mol. The van der Waals surface area contributed by atoms with Crippen molar-refractivity contribution in [2.24, 2.45) is 0 Å². The van der Waals surface area contributed by atoms with E-state index in [1.165, 1.54) is 0 Å². The lowest BCUT2D eigenvalue weighted by molar-refractivity contribution is -0.147. The number of rotatable bonds is 5. The number of fused-ring (bicyclic) bond motifs is 1. The molecule has 1 atom stereocenters. The number of benzene rings is 1. The number of carboxylic acids is 1. The van der Waals surface area contributed by atoms with Crippen LogP contribution in [-0.4, -0.2) is 40.7 Å². The van der Waals surface area contributed by atoms with Gasteiger partial charge in [0.2, 0.25) is 5.91 Å². The topological polar surface area (TPSA) is 91.4 Å². The number of hydrogen-bond acceptors (Lipinski definition) is 3. The lowest BCUT2D eigenvalue weighted by Gasteiger charge is -2.23. The van der Waals surface area contributed by atoms with Crippen LogP contribution in [0.4, 0.5) is 0 Å². The first-order valence-electron chi connectivity index (χ1n) is 7.69. The second kappa shape index (κ2) is 6.04. The number of nitrogens with one attached hydrogen (secondary N) is 2. The standard InChI is InChI=1S/C17H20N2O4/c1-11-3-2-4-13-12(9-18-15(11)13)5-6-14(20)19-17(16(21)22)7-8-23-10-17/h2-4,9,18H,5-8,10H2,1H3,(H,19,20)(H,21,22). The lowest BCUT2D eigenvalue weighted by Crippen LogP contribution is -2.55. The number of ether oxygens (including phenoxy) is 1. The molecule has 1 aliphatic rings. The van der Waals surface area contributed by atoms with Crippen LogP contribution >= 0.6 is 0 Å². The summed E-state index contributed by atoms with van der Waals surface area (Å²) in [5, 5.41) is 13.1. The van der Waals surface area contributed by atoms with E-state index in [4.69, 9.17) is 4.74 Å². The summed E-state index contributed by atoms with van der Waals surface area (Å²) >= 11 is 0. The average molecular weight is 316 g/mol. The van der Waals surface area contributed by atoms with Crippen LogP contribution in [0.25, 0.3) is 10.9 Å². The highest BCUT2D eigenvalue weighted by molar-refractivity contribution is 5.89. The van der Waals surface area contributed by atoms with E-state index >= 15 is 0 Å². The minimum absolute atomic E-state index is 0.0281. The number of aromatic amines is 1. The van der Waals surface area contributed by atoms with Crippen LogP contribution in [0.5, 0.6) is 0 Å². The Morgan fingerprint density at radius 3 is 2.96 bits per heavy atom. The van der Waals surface area contributed by atoms with Gasteiger partial charge in [0.25, 0.3) is 0 Å². The normalized spacial score (nSPS) is 20.7. The van der Waals surface area contributed by atoms with Crippen molar-refractivity contribution in [1.29, 1.82) is 0 Å². The second-order valence-corrected chi connectivity index (χ2v) is 6.05. The number of aryl methyl sites for hydroxylation is 2. The van der Waals surface area contributed by atoms with E-state index in [1.54, 1.807) is 0 Å². The van der Waals surface area contributed by atoms with Crippen LogP contribution in [0.1, 0.15) is 24.0 Å². The quantitative estimate of drug-likeness (QED) is 0.784. The van der Waals surface area contributed by atoms with Crippen LogP contribution in [-0.2, 0) is 20.7 Å². The molecule has 0 spiro atoms. The fraction of sp³-hybridized carbons (Fsp3) is 0.412. The number of hydrogen-bond donors (Lipinski definition) is 3. The Kier molecular flexibility index (Phi) is 4.09. The number of para-hydroxylation sites is 1. The molecule has 1 aliphatic heterocycles. The van der Waals surface area contributed by atoms with E-state index < -0.39 is 11.5 Å². The highest BCUT2D eigenvalue weighted by Gasteiger charge is 2.43. The number of aliphatic carboxylic acids is 1. The number of aromatic nitrogens is 1. The van der Waals surface area contributed by atoms with Crippen LogP contribution in [0.2, 0.25) is 0 Å². The van der Waals surface area contributed by atoms with Crippen molar-refractivity contribution in [2.75, 3.05) is 13.2 Å². The van der Waals surface area contributed by atoms with Crippen LogP contribution in [0, 0.1) is 6.92 Å². The third kappa shape index (κ3) is 2.94. The largest absolute Gasteiger partial charge is 0.479 e. The minimum Gasteiger partial charge on any atom is -0.479 e. The Balaban J connectivity index is 1.66. The van der Waals surface area contributed by atoms with Gasteiger partial charge >= 0.3 is 5.97 Å². The SMILES string of the molecule is Cc1cccc2c(CCC(=O)NC3(C(=O)O)CCOC3)c[nH]c12. The average Bonchev–Trinajstić information content (AvgIpc) is 3.14. The van der Waals surface area contributed by atoms with Crippen molar-refractivity contribution >= 4 is 22.8 Å². The Labute approximate surface area is 133 Å². The molecule has 2 aromatic rings. The van der Waals surface area contributed by atoms with Crippen molar-refractivity contribution in [3.05, 3.63) is 35.5 Å². The van der Waals surface area contributed by atoms with Crippen LogP contribution in [0.15, 0.2) is 24.4 Å². The van der Waals surface area contributed by atoms with E-state index in [0.717, 1.165) is 22.0 Å². The van der Waals surface area contributed by atoms with Crippen molar-refractivity contribution in [2.45, 2.75) is 31.7 Å². The minimum atomic E-state index is -1.27. The van der Waals surface area contributed by atoms with Gasteiger partial charge < -0.3 is 20.1 Å². The summed E-state index contributed by atoms with van der Waals surface area (Å²) in [6.07, 6.45) is 3.03. The summed E-state index contributed by atoms with van der Waals surface area (Å²) in [6, 6.07) is 6.05. The summed E-state index contributed by atoms with van der Waals surface area (Å²) < 4.78 is 5.14. The molecule has 122 valence electrons. The van der Waals surface area contributed by atoms with Crippen LogP contribution in [0.3, 0.4) is 0 Å². The van der Waals surface area contributed by atoms with E-state index in [1.807, 2.05) is 31.3 Å². The zero-order valence-electron chi connectivity index (χ0n) is 13.0. The lowest BCUT2D eigenvalue weighted by atomic mass is 9.98. The molecule has 3 rings (SSSR count). The third-order valence-corrected chi connectivity index (χ3v) is 4.44. The van der Waals surface area contributed by atoms with Gasteiger partial charge in [-0.05, 0) is 24.5 Å². The molecule has 1 saturated heterocycles. The molecule has 0 bridgehead atoms. The van der Waals surface area contributed by atoms with Gasteiger partial charge in [-0.3, -0.25) is 4.79 Å². The maximum atomic E-state index is 12.2. The Bertz CT molecular complexity index is 744. The number of amides is 1. The third-order valence-electron chi connectivity index (χ3n) is 4.44. The van der Waals surface area contributed by atoms with Crippen molar-refractivity contribution in [3.8, 4) is 0 Å². The van der Waals surface area contributed by atoms with E-state index in [2.05, 4.69) is 10.3 Å². The molecule has 1 aromatic carbocycles. The van der Waals surface area contributed by atoms with Gasteiger partial charge in [-0.25, -0.2) is 4.79 Å². The molecule has 0 radical (unpaired) electrons. The van der Waals surface area contributed by atoms with Gasteiger partial charge in [0.1, 0.15) is 0 Å². The number of H-pyrrole nitrogens is 1. The van der Waals surface area contributed by atoms with E-state index in [-0.39, 0.29) is 18.9 Å². The summed E-state index contributed by atoms with van der Waals surface area (Å²) in [5.41, 5.74) is 2.03. The molecule has 6 heteroatoms. The summed E-state index contributed by atoms with van der Waals surface area (Å²) in [4.78, 5) is 26.8. The highest BCUT2D eigenvalue weighted by atomic mass is 16.5. The molecule has 0 saturated carbocycles. The zero-order chi connectivity index (χ0) is 16.4. The maximum absolute atomic E-state index is 12.2. The molecule has 6 nitrogen and oxygen atoms in total. The monoisotopic (exact) mass is 316 g/mol. The Morgan fingerprint density at radius 2 is 2.26 bits per heavy atom. The Hall–Kier alpha value is -2.34. The number of carbonyl (C=O) groups excluding carboxylic acids is 1. The summed E-state index contributed by atoms with van der Waals surface area (Å²) in [6.45, 7) is 2.42. The van der Waals surface area contributed by atoms with Gasteiger partial charge in [0, 0.05) is 36.5 Å². The van der Waals surface area contributed by atoms with E-state index in [0.29, 0.717) is 19.4 Å². The second-order valence-electron chi connectivity index (χ2n) is 6.05. The first-order chi connectivity index (χ1) is 11.0. The van der Waals surface area contributed by atoms with Gasteiger partial charge in [-0.1, -0.05) is 18.2 Å². The molecule has 2 heterocycles. The van der Waals surface area contributed by atoms with Crippen molar-refractivity contribution in [3.63, 3.8) is 0 Å². The first-order valence-corrected chi connectivity index (χ1v) is 7.69.